The summed E-state index contributed by atoms with van der Waals surface area (Å²) in [6.07, 6.45) is 0.446. The molecule has 0 unspecified atom stereocenters. The van der Waals surface area contributed by atoms with Gasteiger partial charge < -0.3 is 5.11 Å². The molecule has 0 aromatic heterocycles. The van der Waals surface area contributed by atoms with Crippen molar-refractivity contribution in [3.8, 4) is 0 Å². The summed E-state index contributed by atoms with van der Waals surface area (Å²) in [7, 11) is 0. The monoisotopic (exact) mass is 162 g/mol. The third kappa shape index (κ3) is 0.883. The molecular weight excluding hydrogens is 152 g/mol. The van der Waals surface area contributed by atoms with E-state index < -0.39 is 5.60 Å². The highest BCUT2D eigenvalue weighted by Gasteiger charge is 2.39. The van der Waals surface area contributed by atoms with Gasteiger partial charge in [-0.1, -0.05) is 24.3 Å². The van der Waals surface area contributed by atoms with Crippen molar-refractivity contribution in [1.29, 1.82) is 0 Å². The number of hydrogen-bond acceptors (Lipinski definition) is 2. The molecule has 0 radical (unpaired) electrons. The van der Waals surface area contributed by atoms with Crippen LogP contribution in [0.25, 0.3) is 0 Å². The number of fused-ring (bicyclic) bond motifs is 1. The molecule has 12 heavy (non-hydrogen) atoms. The Labute approximate surface area is 70.8 Å². The summed E-state index contributed by atoms with van der Waals surface area (Å²) < 4.78 is 0. The van der Waals surface area contributed by atoms with Crippen LogP contribution in [0.5, 0.6) is 0 Å². The van der Waals surface area contributed by atoms with Crippen molar-refractivity contribution in [3.63, 3.8) is 0 Å². The summed E-state index contributed by atoms with van der Waals surface area (Å²) in [5.41, 5.74) is 0.443. The minimum atomic E-state index is -1.18. The molecule has 0 aliphatic heterocycles. The highest BCUT2D eigenvalue weighted by molar-refractivity contribution is 6.06. The molecule has 0 heterocycles. The standard InChI is InChI=1S/C10H10O2/c1-10(12)6-7-4-2-3-5-8(7)9(10)11/h2-5,12H,6H2,1H3/t10-/m1/s1. The Bertz CT molecular complexity index is 339. The van der Waals surface area contributed by atoms with E-state index in [1.807, 2.05) is 18.2 Å². The molecule has 0 saturated heterocycles. The molecule has 2 heteroatoms. The van der Waals surface area contributed by atoms with Gasteiger partial charge in [-0.15, -0.1) is 0 Å². The summed E-state index contributed by atoms with van der Waals surface area (Å²) >= 11 is 0. The van der Waals surface area contributed by atoms with Gasteiger partial charge in [-0.25, -0.2) is 0 Å². The van der Waals surface area contributed by atoms with Crippen LogP contribution in [0.3, 0.4) is 0 Å². The van der Waals surface area contributed by atoms with Gasteiger partial charge in [-0.3, -0.25) is 4.79 Å². The molecule has 1 N–H and O–H groups in total. The molecule has 0 amide bonds. The molecule has 1 aromatic rings. The largest absolute Gasteiger partial charge is 0.382 e. The van der Waals surface area contributed by atoms with Gasteiger partial charge in [0.05, 0.1) is 0 Å². The molecule has 62 valence electrons. The van der Waals surface area contributed by atoms with E-state index in [4.69, 9.17) is 0 Å². The van der Waals surface area contributed by atoms with Crippen LogP contribution < -0.4 is 0 Å². The van der Waals surface area contributed by atoms with Crippen LogP contribution in [-0.4, -0.2) is 16.5 Å². The van der Waals surface area contributed by atoms with Gasteiger partial charge in [-0.2, -0.15) is 0 Å². The van der Waals surface area contributed by atoms with E-state index in [-0.39, 0.29) is 5.78 Å². The van der Waals surface area contributed by atoms with Crippen molar-refractivity contribution >= 4 is 5.78 Å². The molecule has 0 spiro atoms. The summed E-state index contributed by atoms with van der Waals surface area (Å²) in [6.45, 7) is 1.56. The molecule has 0 bridgehead atoms. The number of carbonyl (C=O) groups is 1. The van der Waals surface area contributed by atoms with Crippen LogP contribution in [0.4, 0.5) is 0 Å². The van der Waals surface area contributed by atoms with Crippen molar-refractivity contribution < 1.29 is 9.90 Å². The van der Waals surface area contributed by atoms with Crippen molar-refractivity contribution in [3.05, 3.63) is 35.4 Å². The smallest absolute Gasteiger partial charge is 0.194 e. The second kappa shape index (κ2) is 2.17. The Morgan fingerprint density at radius 3 is 2.75 bits per heavy atom. The Hall–Kier alpha value is -1.15. The summed E-state index contributed by atoms with van der Waals surface area (Å²) in [6, 6.07) is 7.35. The van der Waals surface area contributed by atoms with Gasteiger partial charge in [0, 0.05) is 12.0 Å². The van der Waals surface area contributed by atoms with Gasteiger partial charge in [-0.05, 0) is 12.5 Å². The number of aliphatic hydroxyl groups is 1. The first-order valence-electron chi connectivity index (χ1n) is 3.96. The quantitative estimate of drug-likeness (QED) is 0.622. The minimum Gasteiger partial charge on any atom is -0.382 e. The van der Waals surface area contributed by atoms with Crippen molar-refractivity contribution in [2.24, 2.45) is 0 Å². The van der Waals surface area contributed by atoms with E-state index in [0.717, 1.165) is 5.56 Å². The van der Waals surface area contributed by atoms with Crippen molar-refractivity contribution in [2.45, 2.75) is 18.9 Å². The van der Waals surface area contributed by atoms with E-state index in [2.05, 4.69) is 0 Å². The number of ketones is 1. The maximum absolute atomic E-state index is 11.5. The third-order valence-corrected chi connectivity index (χ3v) is 2.29. The summed E-state index contributed by atoms with van der Waals surface area (Å²) in [5, 5.41) is 9.63. The van der Waals surface area contributed by atoms with Gasteiger partial charge in [0.15, 0.2) is 5.78 Å². The fourth-order valence-electron chi connectivity index (χ4n) is 1.64. The van der Waals surface area contributed by atoms with Crippen LogP contribution >= 0.6 is 0 Å². The van der Waals surface area contributed by atoms with Crippen molar-refractivity contribution in [1.82, 2.24) is 0 Å². The minimum absolute atomic E-state index is 0.155. The Morgan fingerprint density at radius 1 is 1.42 bits per heavy atom. The zero-order chi connectivity index (χ0) is 8.77. The van der Waals surface area contributed by atoms with Gasteiger partial charge in [0.2, 0.25) is 0 Å². The molecule has 2 rings (SSSR count). The molecule has 2 nitrogen and oxygen atoms in total. The second-order valence-electron chi connectivity index (χ2n) is 3.44. The van der Waals surface area contributed by atoms with Crippen molar-refractivity contribution in [2.75, 3.05) is 0 Å². The number of hydrogen-bond donors (Lipinski definition) is 1. The normalized spacial score (nSPS) is 27.3. The molecule has 0 fully saturated rings. The number of rotatable bonds is 0. The van der Waals surface area contributed by atoms with E-state index in [0.29, 0.717) is 12.0 Å². The zero-order valence-electron chi connectivity index (χ0n) is 6.87. The lowest BCUT2D eigenvalue weighted by Gasteiger charge is -2.11. The molecule has 0 saturated carbocycles. The molecule has 1 aliphatic carbocycles. The highest BCUT2D eigenvalue weighted by atomic mass is 16.3. The van der Waals surface area contributed by atoms with E-state index >= 15 is 0 Å². The van der Waals surface area contributed by atoms with Crippen LogP contribution in [-0.2, 0) is 6.42 Å². The van der Waals surface area contributed by atoms with E-state index in [9.17, 15) is 9.90 Å². The molecule has 1 aliphatic rings. The fraction of sp³-hybridized carbons (Fsp3) is 0.300. The summed E-state index contributed by atoms with van der Waals surface area (Å²) in [5.74, 6) is -0.155. The molecule has 1 aromatic carbocycles. The van der Waals surface area contributed by atoms with Gasteiger partial charge in [0.25, 0.3) is 0 Å². The average Bonchev–Trinajstić information content (AvgIpc) is 2.24. The van der Waals surface area contributed by atoms with Crippen LogP contribution in [0.1, 0.15) is 22.8 Å². The topological polar surface area (TPSA) is 37.3 Å². The van der Waals surface area contributed by atoms with Gasteiger partial charge in [0.1, 0.15) is 5.60 Å². The predicted octanol–water partition coefficient (Wildman–Crippen LogP) is 1.18. The lowest BCUT2D eigenvalue weighted by molar-refractivity contribution is 0.0461. The maximum atomic E-state index is 11.5. The first-order valence-corrected chi connectivity index (χ1v) is 3.96. The van der Waals surface area contributed by atoms with Crippen LogP contribution in [0.2, 0.25) is 0 Å². The Kier molecular flexibility index (Phi) is 1.36. The predicted molar refractivity (Wildman–Crippen MR) is 45.1 cm³/mol. The highest BCUT2D eigenvalue weighted by Crippen LogP contribution is 2.28. The van der Waals surface area contributed by atoms with Crippen LogP contribution in [0, 0.1) is 0 Å². The maximum Gasteiger partial charge on any atom is 0.194 e. The van der Waals surface area contributed by atoms with E-state index in [1.54, 1.807) is 13.0 Å². The number of Topliss-reactive ketones (excluding diaryl/α,β-unsaturated/α-hetero) is 1. The van der Waals surface area contributed by atoms with Crippen LogP contribution in [0.15, 0.2) is 24.3 Å². The Morgan fingerprint density at radius 2 is 2.08 bits per heavy atom. The number of carbonyl (C=O) groups excluding carboxylic acids is 1. The number of benzene rings is 1. The Balaban J connectivity index is 2.57. The summed E-state index contributed by atoms with van der Waals surface area (Å²) in [4.78, 5) is 11.5. The first-order chi connectivity index (χ1) is 5.61. The third-order valence-electron chi connectivity index (χ3n) is 2.29. The lowest BCUT2D eigenvalue weighted by atomic mass is 10.0. The lowest BCUT2D eigenvalue weighted by Crippen LogP contribution is -2.31. The molecular formula is C10H10O2. The zero-order valence-corrected chi connectivity index (χ0v) is 6.87. The second-order valence-corrected chi connectivity index (χ2v) is 3.44. The SMILES string of the molecule is C[C@@]1(O)Cc2ccccc2C1=O. The fourth-order valence-corrected chi connectivity index (χ4v) is 1.64. The van der Waals surface area contributed by atoms with E-state index in [1.165, 1.54) is 0 Å². The first kappa shape index (κ1) is 7.50. The van der Waals surface area contributed by atoms with Gasteiger partial charge >= 0.3 is 0 Å². The average molecular weight is 162 g/mol. The molecule has 1 atom stereocenters.